The number of carbonyl (C=O) groups is 2. The molecule has 1 unspecified atom stereocenters. The lowest BCUT2D eigenvalue weighted by Gasteiger charge is -2.16. The van der Waals surface area contributed by atoms with Crippen LogP contribution in [0.25, 0.3) is 16.6 Å². The van der Waals surface area contributed by atoms with Gasteiger partial charge in [0.15, 0.2) is 11.8 Å². The molecule has 0 saturated heterocycles. The maximum atomic E-state index is 13.9. The summed E-state index contributed by atoms with van der Waals surface area (Å²) < 4.78 is 63.3. The molecule has 166 valence electrons. The average Bonchev–Trinajstić information content (AvgIpc) is 3.34. The van der Waals surface area contributed by atoms with E-state index in [1.54, 1.807) is 12.3 Å². The minimum absolute atomic E-state index is 0.124. The Hall–Kier alpha value is -3.96. The van der Waals surface area contributed by atoms with Crippen molar-refractivity contribution in [2.45, 2.75) is 25.7 Å². The number of ether oxygens (including phenoxy) is 1. The third kappa shape index (κ3) is 4.11. The Labute approximate surface area is 176 Å². The third-order valence-electron chi connectivity index (χ3n) is 4.54. The van der Waals surface area contributed by atoms with Crippen LogP contribution in [0.2, 0.25) is 0 Å². The Bertz CT molecular complexity index is 1330. The zero-order valence-corrected chi connectivity index (χ0v) is 16.3. The number of esters is 1. The van der Waals surface area contributed by atoms with Crippen LogP contribution in [0.5, 0.6) is 0 Å². The van der Waals surface area contributed by atoms with Gasteiger partial charge in [-0.2, -0.15) is 18.3 Å². The number of benzene rings is 1. The highest BCUT2D eigenvalue weighted by atomic mass is 19.4. The van der Waals surface area contributed by atoms with E-state index in [1.165, 1.54) is 23.0 Å². The number of alkyl halides is 3. The lowest BCUT2D eigenvalue weighted by Crippen LogP contribution is -2.31. The second-order valence-electron chi connectivity index (χ2n) is 6.80. The number of carbonyl (C=O) groups excluding carboxylic acids is 2. The minimum atomic E-state index is -4.77. The summed E-state index contributed by atoms with van der Waals surface area (Å²) in [4.78, 5) is 28.7. The van der Waals surface area contributed by atoms with Crippen molar-refractivity contribution >= 4 is 28.5 Å². The van der Waals surface area contributed by atoms with Crippen LogP contribution in [0.3, 0.4) is 0 Å². The first-order valence-corrected chi connectivity index (χ1v) is 9.19. The van der Waals surface area contributed by atoms with Gasteiger partial charge in [-0.05, 0) is 31.2 Å². The molecule has 0 spiro atoms. The molecule has 4 aromatic rings. The molecule has 0 aliphatic carbocycles. The van der Waals surface area contributed by atoms with E-state index in [0.29, 0.717) is 12.6 Å². The van der Waals surface area contributed by atoms with Gasteiger partial charge >= 0.3 is 12.1 Å². The lowest BCUT2D eigenvalue weighted by molar-refractivity contribution is -0.198. The Balaban J connectivity index is 1.55. The SMILES string of the molecule is CC(OC(=O)c1cc(F)cc2cc(CNC(=O)c3cnn4cccnc34)oc12)C(F)(F)F. The number of hydrogen-bond donors (Lipinski definition) is 1. The molecule has 0 bridgehead atoms. The molecule has 4 rings (SSSR count). The first kappa shape index (κ1) is 21.3. The molecule has 1 N–H and O–H groups in total. The highest BCUT2D eigenvalue weighted by Gasteiger charge is 2.39. The number of halogens is 4. The number of hydrogen-bond acceptors (Lipinski definition) is 6. The summed E-state index contributed by atoms with van der Waals surface area (Å²) >= 11 is 0. The van der Waals surface area contributed by atoms with Crippen LogP contribution < -0.4 is 5.32 Å². The highest BCUT2D eigenvalue weighted by molar-refractivity contribution is 6.02. The number of fused-ring (bicyclic) bond motifs is 2. The average molecular weight is 450 g/mol. The Kier molecular flexibility index (Phi) is 5.28. The monoisotopic (exact) mass is 450 g/mol. The number of rotatable bonds is 5. The maximum absolute atomic E-state index is 13.9. The molecule has 1 aromatic carbocycles. The first-order chi connectivity index (χ1) is 15.1. The molecular weight excluding hydrogens is 436 g/mol. The second-order valence-corrected chi connectivity index (χ2v) is 6.80. The largest absolute Gasteiger partial charge is 0.458 e. The van der Waals surface area contributed by atoms with Gasteiger partial charge in [0.25, 0.3) is 5.91 Å². The van der Waals surface area contributed by atoms with Crippen LogP contribution in [0.4, 0.5) is 17.6 Å². The molecule has 1 amide bonds. The van der Waals surface area contributed by atoms with Crippen molar-refractivity contribution in [3.8, 4) is 0 Å². The predicted octanol–water partition coefficient (Wildman–Crippen LogP) is 3.65. The summed E-state index contributed by atoms with van der Waals surface area (Å²) in [6, 6.07) is 4.78. The van der Waals surface area contributed by atoms with Crippen molar-refractivity contribution < 1.29 is 36.3 Å². The summed E-state index contributed by atoms with van der Waals surface area (Å²) in [5, 5.41) is 6.72. The van der Waals surface area contributed by atoms with Crippen molar-refractivity contribution in [3.63, 3.8) is 0 Å². The summed E-state index contributed by atoms with van der Waals surface area (Å²) in [5.41, 5.74) is -0.119. The number of aromatic nitrogens is 3. The summed E-state index contributed by atoms with van der Waals surface area (Å²) in [6.07, 6.45) is -2.70. The topological polar surface area (TPSA) is 98.7 Å². The Morgan fingerprint density at radius 1 is 1.25 bits per heavy atom. The van der Waals surface area contributed by atoms with Crippen LogP contribution in [-0.2, 0) is 11.3 Å². The van der Waals surface area contributed by atoms with Crippen LogP contribution in [0.15, 0.2) is 47.3 Å². The van der Waals surface area contributed by atoms with Crippen LogP contribution in [0.1, 0.15) is 33.4 Å². The normalized spacial score (nSPS) is 12.8. The van der Waals surface area contributed by atoms with Crippen molar-refractivity contribution in [2.24, 2.45) is 0 Å². The first-order valence-electron chi connectivity index (χ1n) is 9.19. The van der Waals surface area contributed by atoms with Crippen molar-refractivity contribution in [1.82, 2.24) is 19.9 Å². The smallest absolute Gasteiger partial charge is 0.425 e. The molecule has 8 nitrogen and oxygen atoms in total. The number of furan rings is 1. The fraction of sp³-hybridized carbons (Fsp3) is 0.200. The quantitative estimate of drug-likeness (QED) is 0.368. The molecule has 3 aromatic heterocycles. The molecule has 0 fully saturated rings. The van der Waals surface area contributed by atoms with Crippen LogP contribution >= 0.6 is 0 Å². The molecule has 12 heteroatoms. The van der Waals surface area contributed by atoms with E-state index in [-0.39, 0.29) is 28.8 Å². The van der Waals surface area contributed by atoms with Crippen LogP contribution in [-0.4, -0.2) is 38.8 Å². The molecule has 0 aliphatic rings. The molecule has 0 radical (unpaired) electrons. The number of amides is 1. The van der Waals surface area contributed by atoms with Crippen LogP contribution in [0, 0.1) is 5.82 Å². The van der Waals surface area contributed by atoms with Gasteiger partial charge in [-0.15, -0.1) is 0 Å². The number of nitrogens with one attached hydrogen (secondary N) is 1. The fourth-order valence-electron chi connectivity index (χ4n) is 2.95. The van der Waals surface area contributed by atoms with Gasteiger partial charge in [0, 0.05) is 17.8 Å². The van der Waals surface area contributed by atoms with Gasteiger partial charge in [0.05, 0.1) is 12.7 Å². The van der Waals surface area contributed by atoms with Gasteiger partial charge in [-0.1, -0.05) is 0 Å². The third-order valence-corrected chi connectivity index (χ3v) is 4.54. The van der Waals surface area contributed by atoms with E-state index >= 15 is 0 Å². The van der Waals surface area contributed by atoms with Crippen molar-refractivity contribution in [3.05, 3.63) is 65.6 Å². The zero-order chi connectivity index (χ0) is 23.0. The molecule has 0 saturated carbocycles. The van der Waals surface area contributed by atoms with E-state index < -0.39 is 35.5 Å². The zero-order valence-electron chi connectivity index (χ0n) is 16.3. The molecule has 32 heavy (non-hydrogen) atoms. The van der Waals surface area contributed by atoms with E-state index in [2.05, 4.69) is 20.1 Å². The molecule has 0 aliphatic heterocycles. The van der Waals surface area contributed by atoms with Gasteiger partial charge in [-0.3, -0.25) is 4.79 Å². The maximum Gasteiger partial charge on any atom is 0.425 e. The summed E-state index contributed by atoms with van der Waals surface area (Å²) in [5.74, 6) is -2.62. The van der Waals surface area contributed by atoms with E-state index in [0.717, 1.165) is 12.1 Å². The Morgan fingerprint density at radius 3 is 2.78 bits per heavy atom. The van der Waals surface area contributed by atoms with Crippen molar-refractivity contribution in [1.29, 1.82) is 0 Å². The summed E-state index contributed by atoms with van der Waals surface area (Å²) in [6.45, 7) is 0.513. The highest BCUT2D eigenvalue weighted by Crippen LogP contribution is 2.28. The lowest BCUT2D eigenvalue weighted by atomic mass is 10.1. The van der Waals surface area contributed by atoms with E-state index in [4.69, 9.17) is 4.42 Å². The predicted molar refractivity (Wildman–Crippen MR) is 101 cm³/mol. The number of nitrogens with zero attached hydrogens (tertiary/aromatic N) is 3. The minimum Gasteiger partial charge on any atom is -0.458 e. The standard InChI is InChI=1S/C20H14F4N4O4/c1-10(20(22,23)24)31-19(30)14-7-12(21)5-11-6-13(32-16(11)14)8-26-18(29)15-9-27-28-4-2-3-25-17(15)28/h2-7,9-10H,8H2,1H3,(H,26,29). The fourth-order valence-corrected chi connectivity index (χ4v) is 2.95. The molecule has 1 atom stereocenters. The van der Waals surface area contributed by atoms with E-state index in [9.17, 15) is 27.2 Å². The van der Waals surface area contributed by atoms with Crippen molar-refractivity contribution in [2.75, 3.05) is 0 Å². The van der Waals surface area contributed by atoms with Gasteiger partial charge in [-0.25, -0.2) is 18.7 Å². The van der Waals surface area contributed by atoms with Gasteiger partial charge < -0.3 is 14.5 Å². The second kappa shape index (κ2) is 7.94. The molecular formula is C20H14F4N4O4. The Morgan fingerprint density at radius 2 is 2.03 bits per heavy atom. The summed E-state index contributed by atoms with van der Waals surface area (Å²) in [7, 11) is 0. The van der Waals surface area contributed by atoms with Gasteiger partial charge in [0.2, 0.25) is 0 Å². The van der Waals surface area contributed by atoms with E-state index in [1.807, 2.05) is 0 Å². The molecule has 3 heterocycles. The van der Waals surface area contributed by atoms with Gasteiger partial charge in [0.1, 0.15) is 28.3 Å².